The van der Waals surface area contributed by atoms with Gasteiger partial charge in [0.05, 0.1) is 0 Å². The normalized spacial score (nSPS) is 20.3. The topological polar surface area (TPSA) is 35.5 Å². The quantitative estimate of drug-likeness (QED) is 0.761. The summed E-state index contributed by atoms with van der Waals surface area (Å²) in [5, 5.41) is 13.1. The second-order valence-corrected chi connectivity index (χ2v) is 4.43. The van der Waals surface area contributed by atoms with Crippen LogP contribution < -0.4 is 5.32 Å². The Balaban J connectivity index is 2.30. The largest absolute Gasteiger partial charge is 0.508 e. The van der Waals surface area contributed by atoms with Gasteiger partial charge in [-0.2, -0.15) is 0 Å². The summed E-state index contributed by atoms with van der Waals surface area (Å²) < 4.78 is 0. The van der Waals surface area contributed by atoms with Crippen LogP contribution in [0.5, 0.6) is 5.75 Å². The van der Waals surface area contributed by atoms with Gasteiger partial charge in [-0.25, -0.2) is 0 Å². The summed E-state index contributed by atoms with van der Waals surface area (Å²) >= 11 is 0. The molecule has 3 nitrogen and oxygen atoms in total. The first kappa shape index (κ1) is 10.5. The van der Waals surface area contributed by atoms with Gasteiger partial charge in [-0.3, -0.25) is 0 Å². The summed E-state index contributed by atoms with van der Waals surface area (Å²) in [6.45, 7) is 2.80. The molecule has 0 aliphatic carbocycles. The van der Waals surface area contributed by atoms with E-state index in [9.17, 15) is 5.11 Å². The van der Waals surface area contributed by atoms with Crippen molar-refractivity contribution in [2.75, 3.05) is 27.2 Å². The molecule has 1 aliphatic heterocycles. The van der Waals surface area contributed by atoms with Gasteiger partial charge in [0.15, 0.2) is 0 Å². The summed E-state index contributed by atoms with van der Waals surface area (Å²) in [5.74, 6) is 0.902. The first-order chi connectivity index (χ1) is 7.18. The smallest absolute Gasteiger partial charge is 0.120 e. The molecule has 15 heavy (non-hydrogen) atoms. The van der Waals surface area contributed by atoms with Gasteiger partial charge >= 0.3 is 0 Å². The van der Waals surface area contributed by atoms with E-state index < -0.39 is 0 Å². The molecule has 82 valence electrons. The van der Waals surface area contributed by atoms with Crippen molar-refractivity contribution in [3.8, 4) is 5.75 Å². The number of hydrogen-bond acceptors (Lipinski definition) is 3. The number of nitrogens with zero attached hydrogens (tertiary/aromatic N) is 1. The van der Waals surface area contributed by atoms with Gasteiger partial charge in [0, 0.05) is 31.1 Å². The molecular formula is C12H18N2O. The van der Waals surface area contributed by atoms with Crippen LogP contribution in [0.3, 0.4) is 0 Å². The van der Waals surface area contributed by atoms with Gasteiger partial charge in [-0.15, -0.1) is 0 Å². The Bertz CT molecular complexity index is 349. The Labute approximate surface area is 90.7 Å². The van der Waals surface area contributed by atoms with Crippen molar-refractivity contribution in [3.05, 3.63) is 29.3 Å². The van der Waals surface area contributed by atoms with Crippen LogP contribution in [0.15, 0.2) is 18.2 Å². The fourth-order valence-electron chi connectivity index (χ4n) is 2.25. The predicted molar refractivity (Wildman–Crippen MR) is 61.1 cm³/mol. The molecule has 1 heterocycles. The van der Waals surface area contributed by atoms with Crippen LogP contribution in [-0.4, -0.2) is 37.2 Å². The summed E-state index contributed by atoms with van der Waals surface area (Å²) in [7, 11) is 4.16. The molecule has 0 amide bonds. The van der Waals surface area contributed by atoms with E-state index in [1.807, 2.05) is 6.07 Å². The number of hydrogen-bond donors (Lipinski definition) is 2. The number of fused-ring (bicyclic) bond motifs is 1. The molecule has 1 atom stereocenters. The van der Waals surface area contributed by atoms with Crippen molar-refractivity contribution in [2.24, 2.45) is 0 Å². The zero-order valence-electron chi connectivity index (χ0n) is 9.33. The first-order valence-corrected chi connectivity index (χ1v) is 5.34. The second-order valence-electron chi connectivity index (χ2n) is 4.43. The van der Waals surface area contributed by atoms with Crippen LogP contribution in [0, 0.1) is 0 Å². The Morgan fingerprint density at radius 2 is 2.27 bits per heavy atom. The highest BCUT2D eigenvalue weighted by Crippen LogP contribution is 2.30. The van der Waals surface area contributed by atoms with Gasteiger partial charge in [0.25, 0.3) is 0 Å². The highest BCUT2D eigenvalue weighted by atomic mass is 16.3. The van der Waals surface area contributed by atoms with E-state index in [2.05, 4.69) is 30.4 Å². The number of likely N-dealkylation sites (N-methyl/N-ethyl adjacent to an activating group) is 1. The zero-order valence-corrected chi connectivity index (χ0v) is 9.33. The molecule has 1 aromatic carbocycles. The van der Waals surface area contributed by atoms with Crippen molar-refractivity contribution >= 4 is 0 Å². The third kappa shape index (κ3) is 2.13. The maximum atomic E-state index is 9.75. The van der Waals surface area contributed by atoms with Crippen LogP contribution in [0.4, 0.5) is 0 Å². The minimum atomic E-state index is 0.420. The van der Waals surface area contributed by atoms with Crippen molar-refractivity contribution < 1.29 is 5.11 Å². The summed E-state index contributed by atoms with van der Waals surface area (Å²) in [4.78, 5) is 2.19. The monoisotopic (exact) mass is 206 g/mol. The van der Waals surface area contributed by atoms with Crippen molar-refractivity contribution in [1.82, 2.24) is 10.2 Å². The van der Waals surface area contributed by atoms with E-state index in [1.54, 1.807) is 6.07 Å². The maximum Gasteiger partial charge on any atom is 0.120 e. The number of aromatic hydroxyl groups is 1. The lowest BCUT2D eigenvalue weighted by molar-refractivity contribution is 0.352. The third-order valence-electron chi connectivity index (χ3n) is 2.91. The molecule has 0 saturated heterocycles. The Morgan fingerprint density at radius 1 is 1.47 bits per heavy atom. The standard InChI is InChI=1S/C12H18N2O/c1-14(2)8-9-6-13-7-11-10(9)4-3-5-12(11)15/h3-5,9,13,15H,6-8H2,1-2H3. The van der Waals surface area contributed by atoms with Crippen molar-refractivity contribution in [2.45, 2.75) is 12.5 Å². The van der Waals surface area contributed by atoms with Crippen LogP contribution in [0.25, 0.3) is 0 Å². The van der Waals surface area contributed by atoms with E-state index in [0.29, 0.717) is 11.7 Å². The molecule has 1 aromatic rings. The molecule has 1 unspecified atom stereocenters. The Hall–Kier alpha value is -1.06. The molecule has 2 N–H and O–H groups in total. The maximum absolute atomic E-state index is 9.75. The summed E-state index contributed by atoms with van der Waals surface area (Å²) in [6.07, 6.45) is 0. The Morgan fingerprint density at radius 3 is 3.00 bits per heavy atom. The Kier molecular flexibility index (Phi) is 2.93. The van der Waals surface area contributed by atoms with E-state index in [-0.39, 0.29) is 0 Å². The lowest BCUT2D eigenvalue weighted by atomic mass is 9.90. The molecule has 2 rings (SSSR count). The summed E-state index contributed by atoms with van der Waals surface area (Å²) in [6, 6.07) is 5.82. The SMILES string of the molecule is CN(C)CC1CNCc2c(O)cccc21. The fraction of sp³-hybridized carbons (Fsp3) is 0.500. The fourth-order valence-corrected chi connectivity index (χ4v) is 2.25. The van der Waals surface area contributed by atoms with Crippen molar-refractivity contribution in [3.63, 3.8) is 0 Å². The molecule has 3 heteroatoms. The predicted octanol–water partition coefficient (Wildman–Crippen LogP) is 1.14. The molecule has 0 spiro atoms. The van der Waals surface area contributed by atoms with E-state index >= 15 is 0 Å². The summed E-state index contributed by atoms with van der Waals surface area (Å²) in [5.41, 5.74) is 2.36. The number of rotatable bonds is 2. The minimum Gasteiger partial charge on any atom is -0.508 e. The van der Waals surface area contributed by atoms with Crippen LogP contribution in [0.2, 0.25) is 0 Å². The average Bonchev–Trinajstić information content (AvgIpc) is 2.19. The lowest BCUT2D eigenvalue weighted by Gasteiger charge is -2.29. The van der Waals surface area contributed by atoms with Crippen molar-refractivity contribution in [1.29, 1.82) is 0 Å². The van der Waals surface area contributed by atoms with Gasteiger partial charge in [-0.1, -0.05) is 12.1 Å². The zero-order chi connectivity index (χ0) is 10.8. The van der Waals surface area contributed by atoms with Crippen LogP contribution in [-0.2, 0) is 6.54 Å². The van der Waals surface area contributed by atoms with E-state index in [4.69, 9.17) is 0 Å². The molecule has 0 bridgehead atoms. The van der Waals surface area contributed by atoms with Gasteiger partial charge < -0.3 is 15.3 Å². The minimum absolute atomic E-state index is 0.420. The number of nitrogens with one attached hydrogen (secondary N) is 1. The van der Waals surface area contributed by atoms with E-state index in [1.165, 1.54) is 5.56 Å². The number of phenolic OH excluding ortho intramolecular Hbond substituents is 1. The molecule has 0 aromatic heterocycles. The molecule has 0 saturated carbocycles. The molecule has 0 fully saturated rings. The third-order valence-corrected chi connectivity index (χ3v) is 2.91. The lowest BCUT2D eigenvalue weighted by Crippen LogP contribution is -2.34. The number of phenols is 1. The number of benzene rings is 1. The average molecular weight is 206 g/mol. The van der Waals surface area contributed by atoms with Crippen LogP contribution >= 0.6 is 0 Å². The highest BCUT2D eigenvalue weighted by molar-refractivity contribution is 5.42. The van der Waals surface area contributed by atoms with Crippen LogP contribution in [0.1, 0.15) is 17.0 Å². The van der Waals surface area contributed by atoms with Gasteiger partial charge in [0.1, 0.15) is 5.75 Å². The van der Waals surface area contributed by atoms with Gasteiger partial charge in [0.2, 0.25) is 0 Å². The molecule has 0 radical (unpaired) electrons. The highest BCUT2D eigenvalue weighted by Gasteiger charge is 2.21. The van der Waals surface area contributed by atoms with Gasteiger partial charge in [-0.05, 0) is 25.7 Å². The second kappa shape index (κ2) is 4.21. The molecule has 1 aliphatic rings. The molecular weight excluding hydrogens is 188 g/mol. The van der Waals surface area contributed by atoms with E-state index in [0.717, 1.165) is 25.2 Å². The first-order valence-electron chi connectivity index (χ1n) is 5.34.